The number of allylic oxidation sites excluding steroid dienone is 1. The minimum absolute atomic E-state index is 0.345. The average molecular weight is 303 g/mol. The second kappa shape index (κ2) is 7.36. The van der Waals surface area contributed by atoms with Crippen molar-refractivity contribution in [3.8, 4) is 0 Å². The Balaban J connectivity index is 1.93. The number of carbonyl (C=O) groups excluding carboxylic acids is 1. The van der Waals surface area contributed by atoms with Gasteiger partial charge in [-0.15, -0.1) is 0 Å². The smallest absolute Gasteiger partial charge is 0.330 e. The molecule has 2 rings (SSSR count). The highest BCUT2D eigenvalue weighted by Gasteiger charge is 2.24. The van der Waals surface area contributed by atoms with Crippen LogP contribution in [0.4, 0.5) is 5.69 Å². The normalized spacial score (nSPS) is 13.0. The zero-order chi connectivity index (χ0) is 15.2. The summed E-state index contributed by atoms with van der Waals surface area (Å²) in [5, 5.41) is 1.32. The number of ether oxygens (including phenoxy) is 1. The van der Waals surface area contributed by atoms with Crippen molar-refractivity contribution >= 4 is 23.4 Å². The lowest BCUT2D eigenvalue weighted by Gasteiger charge is -2.21. The van der Waals surface area contributed by atoms with Gasteiger partial charge in [-0.1, -0.05) is 30.5 Å². The van der Waals surface area contributed by atoms with Crippen LogP contribution in [0.2, 0.25) is 0 Å². The van der Waals surface area contributed by atoms with Crippen molar-refractivity contribution in [1.29, 1.82) is 0 Å². The number of hydrogen-bond acceptors (Lipinski definition) is 4. The highest BCUT2D eigenvalue weighted by molar-refractivity contribution is 8.03. The molecular weight excluding hydrogens is 282 g/mol. The fraction of sp³-hybridized carbons (Fsp3) is 0.353. The zero-order valence-corrected chi connectivity index (χ0v) is 13.4. The summed E-state index contributed by atoms with van der Waals surface area (Å²) in [7, 11) is 0. The summed E-state index contributed by atoms with van der Waals surface area (Å²) < 4.78 is 5.01. The molecule has 0 spiro atoms. The number of unbranched alkanes of at least 4 members (excludes halogenated alkanes) is 1. The first-order valence-electron chi connectivity index (χ1n) is 7.14. The largest absolute Gasteiger partial charge is 0.463 e. The van der Waals surface area contributed by atoms with Crippen LogP contribution in [0.3, 0.4) is 0 Å². The molecule has 1 heterocycles. The van der Waals surface area contributed by atoms with Crippen molar-refractivity contribution in [2.45, 2.75) is 31.6 Å². The Morgan fingerprint density at radius 3 is 2.81 bits per heavy atom. The fourth-order valence-electron chi connectivity index (χ4n) is 2.23. The van der Waals surface area contributed by atoms with Crippen molar-refractivity contribution in [3.63, 3.8) is 0 Å². The van der Waals surface area contributed by atoms with E-state index < -0.39 is 0 Å². The molecule has 112 valence electrons. The van der Waals surface area contributed by atoms with Gasteiger partial charge in [-0.3, -0.25) is 0 Å². The van der Waals surface area contributed by atoms with E-state index in [9.17, 15) is 4.79 Å². The molecule has 1 aliphatic heterocycles. The number of para-hydroxylation sites is 1. The summed E-state index contributed by atoms with van der Waals surface area (Å²) in [6, 6.07) is 8.48. The molecule has 0 radical (unpaired) electrons. The topological polar surface area (TPSA) is 29.5 Å². The van der Waals surface area contributed by atoms with Crippen molar-refractivity contribution in [2.24, 2.45) is 0 Å². The lowest BCUT2D eigenvalue weighted by Crippen LogP contribution is -2.20. The van der Waals surface area contributed by atoms with E-state index in [1.165, 1.54) is 27.3 Å². The van der Waals surface area contributed by atoms with Gasteiger partial charge >= 0.3 is 5.97 Å². The first-order chi connectivity index (χ1) is 10.1. The van der Waals surface area contributed by atoms with Crippen LogP contribution in [0.25, 0.3) is 0 Å². The van der Waals surface area contributed by atoms with Gasteiger partial charge < -0.3 is 9.64 Å². The molecule has 21 heavy (non-hydrogen) atoms. The fourth-order valence-corrected chi connectivity index (χ4v) is 3.37. The number of benzene rings is 1. The van der Waals surface area contributed by atoms with E-state index in [2.05, 4.69) is 49.6 Å². The summed E-state index contributed by atoms with van der Waals surface area (Å²) in [6.07, 6.45) is 3.05. The standard InChI is InChI=1S/C17H21NO2S/c1-4-16(19)20-12-8-7-11-18-14-9-5-6-10-15(14)21-17(18)13(2)3/h4-6,9-10H,1,7-8,11-12H2,2-3H3. The van der Waals surface area contributed by atoms with Gasteiger partial charge in [0.05, 0.1) is 17.3 Å². The van der Waals surface area contributed by atoms with Crippen molar-refractivity contribution in [1.82, 2.24) is 0 Å². The number of thioether (sulfide) groups is 1. The van der Waals surface area contributed by atoms with E-state index in [1.54, 1.807) is 0 Å². The molecule has 0 amide bonds. The maximum absolute atomic E-state index is 11.0. The van der Waals surface area contributed by atoms with Crippen LogP contribution < -0.4 is 4.90 Å². The van der Waals surface area contributed by atoms with E-state index in [1.807, 2.05) is 11.8 Å². The maximum Gasteiger partial charge on any atom is 0.330 e. The van der Waals surface area contributed by atoms with E-state index >= 15 is 0 Å². The number of carbonyl (C=O) groups is 1. The summed E-state index contributed by atoms with van der Waals surface area (Å²) in [4.78, 5) is 14.7. The highest BCUT2D eigenvalue weighted by atomic mass is 32.2. The third-order valence-electron chi connectivity index (χ3n) is 3.22. The van der Waals surface area contributed by atoms with Crippen LogP contribution in [0.15, 0.2) is 52.4 Å². The molecule has 0 N–H and O–H groups in total. The minimum atomic E-state index is -0.345. The second-order valence-electron chi connectivity index (χ2n) is 5.11. The van der Waals surface area contributed by atoms with Crippen molar-refractivity contribution in [2.75, 3.05) is 18.1 Å². The van der Waals surface area contributed by atoms with Crippen LogP contribution >= 0.6 is 11.8 Å². The molecule has 0 saturated carbocycles. The third kappa shape index (κ3) is 3.91. The Hall–Kier alpha value is -1.68. The van der Waals surface area contributed by atoms with E-state index in [0.29, 0.717) is 6.61 Å². The molecule has 1 aliphatic rings. The Morgan fingerprint density at radius 1 is 1.33 bits per heavy atom. The number of nitrogens with zero attached hydrogens (tertiary/aromatic N) is 1. The van der Waals surface area contributed by atoms with E-state index in [-0.39, 0.29) is 5.97 Å². The molecule has 0 fully saturated rings. The third-order valence-corrected chi connectivity index (χ3v) is 4.61. The van der Waals surface area contributed by atoms with Gasteiger partial charge in [0, 0.05) is 17.5 Å². The molecule has 1 aromatic rings. The van der Waals surface area contributed by atoms with Gasteiger partial charge in [0.25, 0.3) is 0 Å². The molecule has 0 aliphatic carbocycles. The summed E-state index contributed by atoms with van der Waals surface area (Å²) >= 11 is 1.83. The predicted molar refractivity (Wildman–Crippen MR) is 88.4 cm³/mol. The molecule has 1 aromatic carbocycles. The van der Waals surface area contributed by atoms with E-state index in [0.717, 1.165) is 19.4 Å². The lowest BCUT2D eigenvalue weighted by atomic mass is 10.2. The van der Waals surface area contributed by atoms with Crippen LogP contribution in [0, 0.1) is 0 Å². The Morgan fingerprint density at radius 2 is 2.10 bits per heavy atom. The Labute approximate surface area is 130 Å². The second-order valence-corrected chi connectivity index (χ2v) is 6.14. The molecule has 0 unspecified atom stereocenters. The highest BCUT2D eigenvalue weighted by Crippen LogP contribution is 2.46. The summed E-state index contributed by atoms with van der Waals surface area (Å²) in [6.45, 7) is 9.07. The average Bonchev–Trinajstić information content (AvgIpc) is 2.86. The molecule has 4 heteroatoms. The van der Waals surface area contributed by atoms with Gasteiger partial charge in [-0.2, -0.15) is 0 Å². The van der Waals surface area contributed by atoms with Gasteiger partial charge in [-0.25, -0.2) is 4.79 Å². The van der Waals surface area contributed by atoms with Gasteiger partial charge in [0.2, 0.25) is 0 Å². The van der Waals surface area contributed by atoms with Crippen LogP contribution in [-0.4, -0.2) is 19.1 Å². The number of anilines is 1. The monoisotopic (exact) mass is 303 g/mol. The molecule has 3 nitrogen and oxygen atoms in total. The Bertz CT molecular complexity index is 562. The van der Waals surface area contributed by atoms with Gasteiger partial charge in [0.15, 0.2) is 0 Å². The molecule has 0 saturated heterocycles. The van der Waals surface area contributed by atoms with Crippen LogP contribution in [0.5, 0.6) is 0 Å². The van der Waals surface area contributed by atoms with Gasteiger partial charge in [-0.05, 0) is 44.4 Å². The lowest BCUT2D eigenvalue weighted by molar-refractivity contribution is -0.137. The van der Waals surface area contributed by atoms with E-state index in [4.69, 9.17) is 4.74 Å². The molecule has 0 bridgehead atoms. The minimum Gasteiger partial charge on any atom is -0.463 e. The summed E-state index contributed by atoms with van der Waals surface area (Å²) in [5.74, 6) is -0.345. The predicted octanol–water partition coefficient (Wildman–Crippen LogP) is 4.36. The number of fused-ring (bicyclic) bond motifs is 1. The molecule has 0 aromatic heterocycles. The summed E-state index contributed by atoms with van der Waals surface area (Å²) in [5.41, 5.74) is 2.61. The Kier molecular flexibility index (Phi) is 5.51. The molecule has 0 atom stereocenters. The first kappa shape index (κ1) is 15.7. The van der Waals surface area contributed by atoms with Crippen molar-refractivity contribution < 1.29 is 9.53 Å². The molecular formula is C17H21NO2S. The number of rotatable bonds is 6. The van der Waals surface area contributed by atoms with Crippen molar-refractivity contribution in [3.05, 3.63) is 47.5 Å². The van der Waals surface area contributed by atoms with Crippen LogP contribution in [0.1, 0.15) is 26.7 Å². The number of hydrogen-bond donors (Lipinski definition) is 0. The number of esters is 1. The SMILES string of the molecule is C=CC(=O)OCCCCN1C(=C(C)C)Sc2ccccc21. The maximum atomic E-state index is 11.0. The zero-order valence-electron chi connectivity index (χ0n) is 12.6. The first-order valence-corrected chi connectivity index (χ1v) is 7.96. The van der Waals surface area contributed by atoms with Crippen LogP contribution in [-0.2, 0) is 9.53 Å². The van der Waals surface area contributed by atoms with Gasteiger partial charge in [0.1, 0.15) is 0 Å². The quantitative estimate of drug-likeness (QED) is 0.444.